The second-order valence-corrected chi connectivity index (χ2v) is 5.86. The van der Waals surface area contributed by atoms with Gasteiger partial charge in [-0.3, -0.25) is 4.79 Å². The van der Waals surface area contributed by atoms with Crippen molar-refractivity contribution >= 4 is 11.5 Å². The zero-order chi connectivity index (χ0) is 16.4. The highest BCUT2D eigenvalue weighted by atomic mass is 19.1. The van der Waals surface area contributed by atoms with Gasteiger partial charge in [-0.1, -0.05) is 12.1 Å². The molecule has 116 valence electrons. The summed E-state index contributed by atoms with van der Waals surface area (Å²) < 4.78 is 13.4. The molecule has 3 heteroatoms. The molecule has 2 aromatic carbocycles. The van der Waals surface area contributed by atoms with Crippen LogP contribution in [-0.4, -0.2) is 5.78 Å². The standard InChI is InChI=1S/C19H22FNO/c1-11-6-7-16(20)9-18(11)21-10-17-12(2)8-13(3)19(14(17)4)15(5)22/h6-9,21H,10H2,1-5H3. The van der Waals surface area contributed by atoms with Gasteiger partial charge >= 0.3 is 0 Å². The van der Waals surface area contributed by atoms with E-state index in [1.165, 1.54) is 12.1 Å². The van der Waals surface area contributed by atoms with E-state index in [-0.39, 0.29) is 11.6 Å². The van der Waals surface area contributed by atoms with Gasteiger partial charge in [0, 0.05) is 17.8 Å². The van der Waals surface area contributed by atoms with Crippen molar-refractivity contribution in [2.24, 2.45) is 0 Å². The molecule has 0 fully saturated rings. The van der Waals surface area contributed by atoms with E-state index in [0.29, 0.717) is 6.54 Å². The molecule has 2 rings (SSSR count). The van der Waals surface area contributed by atoms with E-state index < -0.39 is 0 Å². The van der Waals surface area contributed by atoms with E-state index in [9.17, 15) is 9.18 Å². The Kier molecular flexibility index (Phi) is 4.65. The minimum atomic E-state index is -0.255. The molecule has 0 amide bonds. The second kappa shape index (κ2) is 6.30. The van der Waals surface area contributed by atoms with Crippen LogP contribution in [0.4, 0.5) is 10.1 Å². The van der Waals surface area contributed by atoms with Gasteiger partial charge in [0.1, 0.15) is 5.82 Å². The maximum absolute atomic E-state index is 13.4. The Bertz CT molecular complexity index is 735. The van der Waals surface area contributed by atoms with Gasteiger partial charge in [-0.15, -0.1) is 0 Å². The summed E-state index contributed by atoms with van der Waals surface area (Å²) in [5, 5.41) is 3.29. The number of ketones is 1. The lowest BCUT2D eigenvalue weighted by Crippen LogP contribution is -2.10. The quantitative estimate of drug-likeness (QED) is 0.816. The fourth-order valence-electron chi connectivity index (χ4n) is 3.01. The average Bonchev–Trinajstić information content (AvgIpc) is 2.41. The molecule has 0 aromatic heterocycles. The highest BCUT2D eigenvalue weighted by Crippen LogP contribution is 2.25. The molecule has 2 aromatic rings. The van der Waals surface area contributed by atoms with Gasteiger partial charge in [0.2, 0.25) is 0 Å². The summed E-state index contributed by atoms with van der Waals surface area (Å²) in [6.07, 6.45) is 0. The van der Waals surface area contributed by atoms with E-state index in [1.54, 1.807) is 13.0 Å². The van der Waals surface area contributed by atoms with E-state index in [1.807, 2.05) is 33.8 Å². The Morgan fingerprint density at radius 1 is 1.05 bits per heavy atom. The molecular weight excluding hydrogens is 277 g/mol. The minimum absolute atomic E-state index is 0.0817. The molecule has 0 atom stereocenters. The van der Waals surface area contributed by atoms with Gasteiger partial charge in [-0.05, 0) is 74.6 Å². The lowest BCUT2D eigenvalue weighted by Gasteiger charge is -2.17. The molecule has 0 aliphatic rings. The van der Waals surface area contributed by atoms with Crippen molar-refractivity contribution in [2.75, 3.05) is 5.32 Å². The van der Waals surface area contributed by atoms with Gasteiger partial charge in [-0.25, -0.2) is 4.39 Å². The highest BCUT2D eigenvalue weighted by molar-refractivity contribution is 5.97. The van der Waals surface area contributed by atoms with E-state index in [0.717, 1.165) is 39.1 Å². The van der Waals surface area contributed by atoms with Gasteiger partial charge in [0.05, 0.1) is 0 Å². The zero-order valence-electron chi connectivity index (χ0n) is 13.8. The summed E-state index contributed by atoms with van der Waals surface area (Å²) in [6, 6.07) is 6.75. The molecule has 0 bridgehead atoms. The largest absolute Gasteiger partial charge is 0.381 e. The fourth-order valence-corrected chi connectivity index (χ4v) is 3.01. The summed E-state index contributed by atoms with van der Waals surface area (Å²) >= 11 is 0. The van der Waals surface area contributed by atoms with Crippen molar-refractivity contribution in [3.8, 4) is 0 Å². The summed E-state index contributed by atoms with van der Waals surface area (Å²) in [7, 11) is 0. The van der Waals surface area contributed by atoms with E-state index in [4.69, 9.17) is 0 Å². The van der Waals surface area contributed by atoms with Crippen LogP contribution in [0.2, 0.25) is 0 Å². The zero-order valence-corrected chi connectivity index (χ0v) is 13.8. The predicted octanol–water partition coefficient (Wildman–Crippen LogP) is 4.87. The molecule has 1 N–H and O–H groups in total. The normalized spacial score (nSPS) is 10.6. The number of anilines is 1. The van der Waals surface area contributed by atoms with Gasteiger partial charge in [0.25, 0.3) is 0 Å². The van der Waals surface area contributed by atoms with Crippen LogP contribution in [0.5, 0.6) is 0 Å². The van der Waals surface area contributed by atoms with Crippen molar-refractivity contribution < 1.29 is 9.18 Å². The third-order valence-electron chi connectivity index (χ3n) is 4.14. The number of carbonyl (C=O) groups is 1. The number of hydrogen-bond acceptors (Lipinski definition) is 2. The van der Waals surface area contributed by atoms with Crippen molar-refractivity contribution in [1.82, 2.24) is 0 Å². The second-order valence-electron chi connectivity index (χ2n) is 5.86. The number of halogens is 1. The predicted molar refractivity (Wildman–Crippen MR) is 89.1 cm³/mol. The molecular formula is C19H22FNO. The smallest absolute Gasteiger partial charge is 0.160 e. The number of carbonyl (C=O) groups excluding carboxylic acids is 1. The number of aryl methyl sites for hydroxylation is 3. The summed E-state index contributed by atoms with van der Waals surface area (Å²) in [4.78, 5) is 11.9. The first-order chi connectivity index (χ1) is 10.3. The summed E-state index contributed by atoms with van der Waals surface area (Å²) in [6.45, 7) is 10.1. The summed E-state index contributed by atoms with van der Waals surface area (Å²) in [5.41, 5.74) is 6.82. The molecule has 0 radical (unpaired) electrons. The van der Waals surface area contributed by atoms with Crippen LogP contribution >= 0.6 is 0 Å². The maximum Gasteiger partial charge on any atom is 0.160 e. The first kappa shape index (κ1) is 16.2. The Morgan fingerprint density at radius 2 is 1.73 bits per heavy atom. The molecule has 0 aliphatic carbocycles. The van der Waals surface area contributed by atoms with Gasteiger partial charge in [-0.2, -0.15) is 0 Å². The molecule has 0 saturated heterocycles. The van der Waals surface area contributed by atoms with Crippen LogP contribution in [0.1, 0.15) is 45.1 Å². The minimum Gasteiger partial charge on any atom is -0.381 e. The van der Waals surface area contributed by atoms with Crippen molar-refractivity contribution in [1.29, 1.82) is 0 Å². The highest BCUT2D eigenvalue weighted by Gasteiger charge is 2.14. The SMILES string of the molecule is CC(=O)c1c(C)cc(C)c(CNc2cc(F)ccc2C)c1C. The number of rotatable bonds is 4. The first-order valence-corrected chi connectivity index (χ1v) is 7.42. The average molecular weight is 299 g/mol. The molecule has 0 saturated carbocycles. The van der Waals surface area contributed by atoms with E-state index >= 15 is 0 Å². The summed E-state index contributed by atoms with van der Waals surface area (Å²) in [5.74, 6) is -0.173. The number of Topliss-reactive ketones (excluding diaryl/α,β-unsaturated/α-hetero) is 1. The number of nitrogens with one attached hydrogen (secondary N) is 1. The third-order valence-corrected chi connectivity index (χ3v) is 4.14. The maximum atomic E-state index is 13.4. The fraction of sp³-hybridized carbons (Fsp3) is 0.316. The Hall–Kier alpha value is -2.16. The Balaban J connectivity index is 2.36. The van der Waals surface area contributed by atoms with Gasteiger partial charge in [0.15, 0.2) is 5.78 Å². The van der Waals surface area contributed by atoms with Crippen LogP contribution in [-0.2, 0) is 6.54 Å². The van der Waals surface area contributed by atoms with Crippen LogP contribution in [0.15, 0.2) is 24.3 Å². The number of hydrogen-bond donors (Lipinski definition) is 1. The molecule has 2 nitrogen and oxygen atoms in total. The van der Waals surface area contributed by atoms with Crippen LogP contribution in [0.3, 0.4) is 0 Å². The lowest BCUT2D eigenvalue weighted by molar-refractivity contribution is 0.101. The Morgan fingerprint density at radius 3 is 2.36 bits per heavy atom. The Labute approximate surface area is 131 Å². The van der Waals surface area contributed by atoms with Crippen molar-refractivity contribution in [3.63, 3.8) is 0 Å². The van der Waals surface area contributed by atoms with Crippen molar-refractivity contribution in [2.45, 2.75) is 41.2 Å². The first-order valence-electron chi connectivity index (χ1n) is 7.42. The molecule has 22 heavy (non-hydrogen) atoms. The third kappa shape index (κ3) is 3.19. The number of benzene rings is 2. The molecule has 0 spiro atoms. The topological polar surface area (TPSA) is 29.1 Å². The van der Waals surface area contributed by atoms with E-state index in [2.05, 4.69) is 5.32 Å². The van der Waals surface area contributed by atoms with Crippen LogP contribution in [0.25, 0.3) is 0 Å². The van der Waals surface area contributed by atoms with Crippen molar-refractivity contribution in [3.05, 3.63) is 63.5 Å². The monoisotopic (exact) mass is 299 g/mol. The molecule has 0 aliphatic heterocycles. The molecule has 0 heterocycles. The lowest BCUT2D eigenvalue weighted by atomic mass is 9.91. The molecule has 0 unspecified atom stereocenters. The van der Waals surface area contributed by atoms with Gasteiger partial charge < -0.3 is 5.32 Å². The van der Waals surface area contributed by atoms with Crippen LogP contribution < -0.4 is 5.32 Å². The van der Waals surface area contributed by atoms with Crippen LogP contribution in [0, 0.1) is 33.5 Å².